The molecule has 4 aromatic rings. The van der Waals surface area contributed by atoms with E-state index in [1.165, 1.54) is 5.56 Å². The lowest BCUT2D eigenvalue weighted by Gasteiger charge is -2.04. The van der Waals surface area contributed by atoms with Crippen LogP contribution < -0.4 is 0 Å². The number of rotatable bonds is 5. The van der Waals surface area contributed by atoms with Gasteiger partial charge in [-0.15, -0.1) is 21.5 Å². The number of hydrogen-bond acceptors (Lipinski definition) is 5. The standard InChI is InChI=1S/C20H19N5S/c1-14(2)15-8-10-16(11-9-15)19-22-24-25(23-19)12-18-13-26-20(21-18)17-6-4-3-5-7-17/h3-11,13-14H,12H2,1-2H3. The molecule has 0 N–H and O–H groups in total. The van der Waals surface area contributed by atoms with Crippen LogP contribution >= 0.6 is 11.3 Å². The molecular weight excluding hydrogens is 342 g/mol. The quantitative estimate of drug-likeness (QED) is 0.520. The molecule has 130 valence electrons. The van der Waals surface area contributed by atoms with Crippen LogP contribution in [0.15, 0.2) is 60.0 Å². The summed E-state index contributed by atoms with van der Waals surface area (Å²) >= 11 is 1.63. The van der Waals surface area contributed by atoms with Crippen molar-refractivity contribution < 1.29 is 0 Å². The highest BCUT2D eigenvalue weighted by Crippen LogP contribution is 2.24. The molecule has 0 aliphatic heterocycles. The Morgan fingerprint density at radius 3 is 2.46 bits per heavy atom. The summed E-state index contributed by atoms with van der Waals surface area (Å²) < 4.78 is 0. The Hall–Kier alpha value is -2.86. The fourth-order valence-electron chi connectivity index (χ4n) is 2.68. The van der Waals surface area contributed by atoms with Crippen LogP contribution in [0.5, 0.6) is 0 Å². The highest BCUT2D eigenvalue weighted by Gasteiger charge is 2.10. The maximum atomic E-state index is 4.68. The molecule has 0 unspecified atom stereocenters. The molecule has 0 aliphatic carbocycles. The number of hydrogen-bond donors (Lipinski definition) is 0. The van der Waals surface area contributed by atoms with Crippen LogP contribution in [0.4, 0.5) is 0 Å². The summed E-state index contributed by atoms with van der Waals surface area (Å²) in [6.45, 7) is 4.88. The number of nitrogens with zero attached hydrogens (tertiary/aromatic N) is 5. The first-order valence-electron chi connectivity index (χ1n) is 8.57. The second-order valence-corrected chi connectivity index (χ2v) is 7.29. The molecule has 0 saturated carbocycles. The topological polar surface area (TPSA) is 56.5 Å². The van der Waals surface area contributed by atoms with Gasteiger partial charge in [-0.3, -0.25) is 0 Å². The van der Waals surface area contributed by atoms with Crippen molar-refractivity contribution in [1.82, 2.24) is 25.2 Å². The number of aromatic nitrogens is 5. The fraction of sp³-hybridized carbons (Fsp3) is 0.200. The van der Waals surface area contributed by atoms with E-state index in [1.807, 2.05) is 35.7 Å². The van der Waals surface area contributed by atoms with Gasteiger partial charge in [0.25, 0.3) is 0 Å². The lowest BCUT2D eigenvalue weighted by Crippen LogP contribution is -2.04. The molecule has 0 atom stereocenters. The first-order valence-corrected chi connectivity index (χ1v) is 9.45. The predicted molar refractivity (Wildman–Crippen MR) is 104 cm³/mol. The van der Waals surface area contributed by atoms with Crippen molar-refractivity contribution >= 4 is 11.3 Å². The van der Waals surface area contributed by atoms with Crippen LogP contribution in [0, 0.1) is 0 Å². The summed E-state index contributed by atoms with van der Waals surface area (Å²) in [7, 11) is 0. The van der Waals surface area contributed by atoms with Crippen LogP contribution in [-0.2, 0) is 6.54 Å². The van der Waals surface area contributed by atoms with Gasteiger partial charge in [-0.25, -0.2) is 4.98 Å². The van der Waals surface area contributed by atoms with Gasteiger partial charge in [0.15, 0.2) is 0 Å². The van der Waals surface area contributed by atoms with Crippen molar-refractivity contribution in [2.75, 3.05) is 0 Å². The Labute approximate surface area is 156 Å². The van der Waals surface area contributed by atoms with Gasteiger partial charge in [0.2, 0.25) is 5.82 Å². The Kier molecular flexibility index (Phi) is 4.58. The highest BCUT2D eigenvalue weighted by atomic mass is 32.1. The molecule has 0 saturated heterocycles. The van der Waals surface area contributed by atoms with E-state index in [0.29, 0.717) is 18.3 Å². The molecule has 0 radical (unpaired) electrons. The highest BCUT2D eigenvalue weighted by molar-refractivity contribution is 7.13. The normalized spacial score (nSPS) is 11.2. The average molecular weight is 361 g/mol. The van der Waals surface area contributed by atoms with E-state index >= 15 is 0 Å². The Balaban J connectivity index is 1.49. The zero-order chi connectivity index (χ0) is 17.9. The second-order valence-electron chi connectivity index (χ2n) is 6.43. The third-order valence-electron chi connectivity index (χ3n) is 4.16. The maximum Gasteiger partial charge on any atom is 0.204 e. The summed E-state index contributed by atoms with van der Waals surface area (Å²) in [6.07, 6.45) is 0. The lowest BCUT2D eigenvalue weighted by atomic mass is 10.0. The van der Waals surface area contributed by atoms with E-state index in [9.17, 15) is 0 Å². The minimum atomic E-state index is 0.510. The third kappa shape index (κ3) is 3.55. The molecule has 0 aliphatic rings. The van der Waals surface area contributed by atoms with Crippen LogP contribution in [0.1, 0.15) is 31.0 Å². The van der Waals surface area contributed by atoms with E-state index in [0.717, 1.165) is 21.8 Å². The Morgan fingerprint density at radius 1 is 0.962 bits per heavy atom. The molecule has 2 heterocycles. The van der Waals surface area contributed by atoms with Crippen LogP contribution in [0.2, 0.25) is 0 Å². The van der Waals surface area contributed by atoms with Gasteiger partial charge in [0, 0.05) is 16.5 Å². The van der Waals surface area contributed by atoms with Gasteiger partial charge >= 0.3 is 0 Å². The molecule has 0 amide bonds. The molecular formula is C20H19N5S. The molecule has 2 aromatic carbocycles. The molecule has 4 rings (SSSR count). The molecule has 0 bridgehead atoms. The number of benzene rings is 2. The summed E-state index contributed by atoms with van der Waals surface area (Å²) in [4.78, 5) is 6.27. The van der Waals surface area contributed by atoms with Gasteiger partial charge in [0.1, 0.15) is 11.6 Å². The van der Waals surface area contributed by atoms with Gasteiger partial charge in [0.05, 0.1) is 5.69 Å². The van der Waals surface area contributed by atoms with Crippen LogP contribution in [-0.4, -0.2) is 25.2 Å². The molecule has 0 spiro atoms. The first-order chi connectivity index (χ1) is 12.7. The SMILES string of the molecule is CC(C)c1ccc(-c2nnn(Cc3csc(-c4ccccc4)n3)n2)cc1. The third-order valence-corrected chi connectivity index (χ3v) is 5.10. The summed E-state index contributed by atoms with van der Waals surface area (Å²) in [5, 5.41) is 15.9. The van der Waals surface area contributed by atoms with Gasteiger partial charge in [-0.2, -0.15) is 4.80 Å². The predicted octanol–water partition coefficient (Wildman–Crippen LogP) is 4.64. The zero-order valence-electron chi connectivity index (χ0n) is 14.7. The minimum Gasteiger partial charge on any atom is -0.239 e. The van der Waals surface area contributed by atoms with Crippen molar-refractivity contribution in [2.24, 2.45) is 0 Å². The van der Waals surface area contributed by atoms with Crippen LogP contribution in [0.3, 0.4) is 0 Å². The van der Waals surface area contributed by atoms with E-state index in [1.54, 1.807) is 16.1 Å². The van der Waals surface area contributed by atoms with E-state index < -0.39 is 0 Å². The number of tetrazole rings is 1. The average Bonchev–Trinajstić information content (AvgIpc) is 3.33. The minimum absolute atomic E-state index is 0.510. The van der Waals surface area contributed by atoms with E-state index in [4.69, 9.17) is 0 Å². The summed E-state index contributed by atoms with van der Waals surface area (Å²) in [6, 6.07) is 18.5. The van der Waals surface area contributed by atoms with Crippen LogP contribution in [0.25, 0.3) is 22.0 Å². The lowest BCUT2D eigenvalue weighted by molar-refractivity contribution is 0.566. The Morgan fingerprint density at radius 2 is 1.73 bits per heavy atom. The molecule has 2 aromatic heterocycles. The van der Waals surface area contributed by atoms with E-state index in [2.05, 4.69) is 58.5 Å². The van der Waals surface area contributed by atoms with Crippen molar-refractivity contribution in [3.05, 3.63) is 71.2 Å². The zero-order valence-corrected chi connectivity index (χ0v) is 15.5. The largest absolute Gasteiger partial charge is 0.239 e. The molecule has 0 fully saturated rings. The smallest absolute Gasteiger partial charge is 0.204 e. The summed E-state index contributed by atoms with van der Waals surface area (Å²) in [5.74, 6) is 1.15. The van der Waals surface area contributed by atoms with Crippen molar-refractivity contribution in [2.45, 2.75) is 26.3 Å². The maximum absolute atomic E-state index is 4.68. The number of thiazole rings is 1. The van der Waals surface area contributed by atoms with Gasteiger partial charge in [-0.05, 0) is 16.7 Å². The van der Waals surface area contributed by atoms with Gasteiger partial charge in [-0.1, -0.05) is 68.4 Å². The van der Waals surface area contributed by atoms with Crippen molar-refractivity contribution in [1.29, 1.82) is 0 Å². The molecule has 26 heavy (non-hydrogen) atoms. The van der Waals surface area contributed by atoms with Gasteiger partial charge < -0.3 is 0 Å². The second kappa shape index (κ2) is 7.17. The molecule has 6 heteroatoms. The van der Waals surface area contributed by atoms with Crippen molar-refractivity contribution in [3.63, 3.8) is 0 Å². The van der Waals surface area contributed by atoms with E-state index in [-0.39, 0.29) is 0 Å². The monoisotopic (exact) mass is 361 g/mol. The molecule has 5 nitrogen and oxygen atoms in total. The summed E-state index contributed by atoms with van der Waals surface area (Å²) in [5.41, 5.74) is 4.34. The van der Waals surface area contributed by atoms with Crippen molar-refractivity contribution in [3.8, 4) is 22.0 Å². The Bertz CT molecular complexity index is 986. The fourth-order valence-corrected chi connectivity index (χ4v) is 3.50. The first kappa shape index (κ1) is 16.6.